The van der Waals surface area contributed by atoms with Crippen molar-refractivity contribution in [2.75, 3.05) is 11.9 Å². The van der Waals surface area contributed by atoms with Crippen LogP contribution in [-0.4, -0.2) is 20.9 Å². The summed E-state index contributed by atoms with van der Waals surface area (Å²) in [7, 11) is -3.66. The lowest BCUT2D eigenvalue weighted by molar-refractivity contribution is -0.114. The van der Waals surface area contributed by atoms with Crippen LogP contribution in [-0.2, 0) is 14.8 Å². The molecule has 0 fully saturated rings. The summed E-state index contributed by atoms with van der Waals surface area (Å²) in [5, 5.41) is 3.14. The normalized spacial score (nSPS) is 10.6. The molecule has 0 radical (unpaired) electrons. The van der Waals surface area contributed by atoms with Gasteiger partial charge in [0.05, 0.1) is 11.4 Å². The molecule has 0 saturated heterocycles. The van der Waals surface area contributed by atoms with Gasteiger partial charge < -0.3 is 5.32 Å². The summed E-state index contributed by atoms with van der Waals surface area (Å²) in [4.78, 5) is 11.0. The van der Waals surface area contributed by atoms with E-state index in [9.17, 15) is 13.2 Å². The van der Waals surface area contributed by atoms with Crippen LogP contribution in [0.3, 0.4) is 0 Å². The zero-order valence-corrected chi connectivity index (χ0v) is 14.4. The Labute approximate surface area is 146 Å². The molecule has 124 valence electrons. The fourth-order valence-electron chi connectivity index (χ4n) is 1.85. The van der Waals surface area contributed by atoms with Gasteiger partial charge in [-0.25, -0.2) is 8.42 Å². The van der Waals surface area contributed by atoms with Gasteiger partial charge in [-0.1, -0.05) is 29.5 Å². The van der Waals surface area contributed by atoms with Crippen LogP contribution in [0.1, 0.15) is 12.5 Å². The van der Waals surface area contributed by atoms with Gasteiger partial charge >= 0.3 is 0 Å². The predicted molar refractivity (Wildman–Crippen MR) is 94.3 cm³/mol. The van der Waals surface area contributed by atoms with Crippen molar-refractivity contribution in [3.63, 3.8) is 0 Å². The zero-order chi connectivity index (χ0) is 17.6. The summed E-state index contributed by atoms with van der Waals surface area (Å²) in [6, 6.07) is 12.9. The topological polar surface area (TPSA) is 75.3 Å². The van der Waals surface area contributed by atoms with Crippen LogP contribution in [0.15, 0.2) is 53.4 Å². The molecular weight excluding hydrogens is 348 g/mol. The molecule has 0 bridgehead atoms. The minimum absolute atomic E-state index is 0.0255. The van der Waals surface area contributed by atoms with Crippen molar-refractivity contribution >= 4 is 33.2 Å². The van der Waals surface area contributed by atoms with E-state index in [4.69, 9.17) is 11.6 Å². The van der Waals surface area contributed by atoms with E-state index in [-0.39, 0.29) is 17.3 Å². The molecular formula is C17H15ClN2O3S. The van der Waals surface area contributed by atoms with Gasteiger partial charge in [-0.05, 0) is 42.5 Å². The molecule has 0 unspecified atom stereocenters. The fraction of sp³-hybridized carbons (Fsp3) is 0.118. The number of anilines is 1. The molecule has 1 amide bonds. The third kappa shape index (κ3) is 5.39. The van der Waals surface area contributed by atoms with Gasteiger partial charge in [-0.3, -0.25) is 4.79 Å². The molecule has 24 heavy (non-hydrogen) atoms. The number of benzene rings is 2. The number of sulfonamides is 1. The van der Waals surface area contributed by atoms with Gasteiger partial charge in [0.15, 0.2) is 0 Å². The first-order valence-electron chi connectivity index (χ1n) is 6.98. The van der Waals surface area contributed by atoms with Crippen molar-refractivity contribution < 1.29 is 13.2 Å². The highest BCUT2D eigenvalue weighted by Crippen LogP contribution is 2.13. The summed E-state index contributed by atoms with van der Waals surface area (Å²) >= 11 is 5.85. The molecule has 0 aliphatic carbocycles. The highest BCUT2D eigenvalue weighted by molar-refractivity contribution is 7.89. The molecule has 0 aromatic heterocycles. The molecule has 7 heteroatoms. The molecule has 0 spiro atoms. The number of carbonyl (C=O) groups excluding carboxylic acids is 1. The standard InChI is InChI=1S/C17H15ClN2O3S/c1-13(21)20-16-7-9-17(10-8-16)24(22,23)19-11-3-5-14-4-2-6-15(18)12-14/h2,4,6-10,12,19H,11H2,1H3,(H,20,21). The molecule has 0 aliphatic rings. The lowest BCUT2D eigenvalue weighted by Gasteiger charge is -2.06. The van der Waals surface area contributed by atoms with E-state index in [0.717, 1.165) is 0 Å². The van der Waals surface area contributed by atoms with Gasteiger partial charge in [0.25, 0.3) is 0 Å². The van der Waals surface area contributed by atoms with Crippen molar-refractivity contribution in [2.45, 2.75) is 11.8 Å². The Bertz CT molecular complexity index is 897. The van der Waals surface area contributed by atoms with Gasteiger partial charge in [-0.15, -0.1) is 0 Å². The van der Waals surface area contributed by atoms with Crippen molar-refractivity contribution in [2.24, 2.45) is 0 Å². The third-order valence-electron chi connectivity index (χ3n) is 2.89. The van der Waals surface area contributed by atoms with Crippen molar-refractivity contribution in [3.8, 4) is 11.8 Å². The molecule has 2 rings (SSSR count). The maximum absolute atomic E-state index is 12.1. The average Bonchev–Trinajstić information content (AvgIpc) is 2.52. The van der Waals surface area contributed by atoms with E-state index in [2.05, 4.69) is 21.9 Å². The second-order valence-electron chi connectivity index (χ2n) is 4.84. The Hall–Kier alpha value is -2.33. The molecule has 2 aromatic carbocycles. The van der Waals surface area contributed by atoms with Crippen LogP contribution >= 0.6 is 11.6 Å². The second kappa shape index (κ2) is 7.97. The summed E-state index contributed by atoms with van der Waals surface area (Å²) in [6.45, 7) is 1.35. The summed E-state index contributed by atoms with van der Waals surface area (Å²) in [5.41, 5.74) is 1.24. The van der Waals surface area contributed by atoms with Crippen molar-refractivity contribution in [1.82, 2.24) is 4.72 Å². The number of hydrogen-bond acceptors (Lipinski definition) is 3. The van der Waals surface area contributed by atoms with Crippen LogP contribution < -0.4 is 10.0 Å². The van der Waals surface area contributed by atoms with E-state index in [1.807, 2.05) is 0 Å². The summed E-state index contributed by atoms with van der Waals surface area (Å²) in [5.74, 6) is 5.35. The highest BCUT2D eigenvalue weighted by Gasteiger charge is 2.12. The minimum atomic E-state index is -3.66. The quantitative estimate of drug-likeness (QED) is 0.821. The van der Waals surface area contributed by atoms with E-state index < -0.39 is 10.0 Å². The molecule has 2 N–H and O–H groups in total. The molecule has 0 atom stereocenters. The maximum atomic E-state index is 12.1. The average molecular weight is 363 g/mol. The lowest BCUT2D eigenvalue weighted by Crippen LogP contribution is -2.24. The summed E-state index contributed by atoms with van der Waals surface area (Å²) in [6.07, 6.45) is 0. The van der Waals surface area contributed by atoms with E-state index in [0.29, 0.717) is 16.3 Å². The lowest BCUT2D eigenvalue weighted by atomic mass is 10.2. The number of hydrogen-bond donors (Lipinski definition) is 2. The maximum Gasteiger partial charge on any atom is 0.241 e. The third-order valence-corrected chi connectivity index (χ3v) is 4.55. The smallest absolute Gasteiger partial charge is 0.241 e. The number of halogens is 1. The Morgan fingerprint density at radius 1 is 1.17 bits per heavy atom. The van der Waals surface area contributed by atoms with E-state index in [1.54, 1.807) is 24.3 Å². The van der Waals surface area contributed by atoms with Crippen LogP contribution in [0.4, 0.5) is 5.69 Å². The molecule has 0 saturated carbocycles. The Morgan fingerprint density at radius 3 is 2.50 bits per heavy atom. The van der Waals surface area contributed by atoms with Gasteiger partial charge in [0.2, 0.25) is 15.9 Å². The van der Waals surface area contributed by atoms with E-state index >= 15 is 0 Å². The van der Waals surface area contributed by atoms with Gasteiger partial charge in [0, 0.05) is 23.2 Å². The number of rotatable bonds is 4. The molecule has 5 nitrogen and oxygen atoms in total. The first kappa shape index (κ1) is 18.0. The van der Waals surface area contributed by atoms with E-state index in [1.165, 1.54) is 31.2 Å². The first-order valence-corrected chi connectivity index (χ1v) is 8.85. The molecule has 2 aromatic rings. The highest BCUT2D eigenvalue weighted by atomic mass is 35.5. The Balaban J connectivity index is 2.00. The molecule has 0 aliphatic heterocycles. The number of carbonyl (C=O) groups is 1. The largest absolute Gasteiger partial charge is 0.326 e. The number of nitrogens with one attached hydrogen (secondary N) is 2. The number of amides is 1. The summed E-state index contributed by atoms with van der Waals surface area (Å²) < 4.78 is 26.7. The van der Waals surface area contributed by atoms with Gasteiger partial charge in [-0.2, -0.15) is 4.72 Å². The minimum Gasteiger partial charge on any atom is -0.326 e. The predicted octanol–water partition coefficient (Wildman–Crippen LogP) is 2.63. The fourth-order valence-corrected chi connectivity index (χ4v) is 2.96. The Morgan fingerprint density at radius 2 is 1.88 bits per heavy atom. The zero-order valence-electron chi connectivity index (χ0n) is 12.8. The van der Waals surface area contributed by atoms with Crippen LogP contribution in [0.25, 0.3) is 0 Å². The second-order valence-corrected chi connectivity index (χ2v) is 7.05. The Kier molecular flexibility index (Phi) is 5.99. The van der Waals surface area contributed by atoms with Crippen LogP contribution in [0.2, 0.25) is 5.02 Å². The molecule has 0 heterocycles. The van der Waals surface area contributed by atoms with Gasteiger partial charge in [0.1, 0.15) is 0 Å². The first-order chi connectivity index (χ1) is 11.4. The van der Waals surface area contributed by atoms with Crippen LogP contribution in [0.5, 0.6) is 0 Å². The van der Waals surface area contributed by atoms with Crippen LogP contribution in [0, 0.1) is 11.8 Å². The van der Waals surface area contributed by atoms with Crippen molar-refractivity contribution in [3.05, 3.63) is 59.1 Å². The monoisotopic (exact) mass is 362 g/mol. The SMILES string of the molecule is CC(=O)Nc1ccc(S(=O)(=O)NCC#Cc2cccc(Cl)c2)cc1. The van der Waals surface area contributed by atoms with Crippen molar-refractivity contribution in [1.29, 1.82) is 0 Å².